The number of nitrogen functional groups attached to an aromatic ring is 1. The Morgan fingerprint density at radius 1 is 1.29 bits per heavy atom. The molecule has 0 radical (unpaired) electrons. The molecule has 2 aromatic rings. The fourth-order valence-electron chi connectivity index (χ4n) is 2.13. The number of aromatic nitrogens is 2. The summed E-state index contributed by atoms with van der Waals surface area (Å²) in [5.41, 5.74) is 6.81. The van der Waals surface area contributed by atoms with Crippen LogP contribution in [-0.4, -0.2) is 29.1 Å². The summed E-state index contributed by atoms with van der Waals surface area (Å²) in [5.74, 6) is 1.15. The normalized spacial score (nSPS) is 19.6. The Morgan fingerprint density at radius 2 is 2.18 bits per heavy atom. The van der Waals surface area contributed by atoms with Crippen LogP contribution in [0.1, 0.15) is 6.42 Å². The second-order valence-corrected chi connectivity index (χ2v) is 4.28. The second kappa shape index (κ2) is 4.18. The van der Waals surface area contributed by atoms with E-state index in [9.17, 15) is 0 Å². The fourth-order valence-corrected chi connectivity index (χ4v) is 2.13. The van der Waals surface area contributed by atoms with E-state index in [2.05, 4.69) is 20.6 Å². The molecular formula is C12H15N5. The molecule has 4 N–H and O–H groups in total. The Morgan fingerprint density at radius 3 is 3.00 bits per heavy atom. The number of rotatable bonds is 2. The quantitative estimate of drug-likeness (QED) is 0.716. The highest BCUT2D eigenvalue weighted by Crippen LogP contribution is 2.19. The highest BCUT2D eigenvalue weighted by molar-refractivity contribution is 5.88. The first-order valence-electron chi connectivity index (χ1n) is 5.82. The van der Waals surface area contributed by atoms with Crippen molar-refractivity contribution in [3.05, 3.63) is 24.3 Å². The van der Waals surface area contributed by atoms with Gasteiger partial charge in [0.05, 0.1) is 5.52 Å². The Bertz CT molecular complexity index is 533. The average molecular weight is 229 g/mol. The van der Waals surface area contributed by atoms with Crippen LogP contribution in [0.15, 0.2) is 24.3 Å². The SMILES string of the molecule is Nc1nc(NC2CCNC2)nc2ccccc12. The van der Waals surface area contributed by atoms with E-state index in [0.29, 0.717) is 17.8 Å². The first kappa shape index (κ1) is 10.3. The number of nitrogens with zero attached hydrogens (tertiary/aromatic N) is 2. The highest BCUT2D eigenvalue weighted by atomic mass is 15.2. The molecule has 0 saturated carbocycles. The summed E-state index contributed by atoms with van der Waals surface area (Å²) in [5, 5.41) is 7.51. The third kappa shape index (κ3) is 2.01. The number of hydrogen-bond donors (Lipinski definition) is 3. The number of anilines is 2. The summed E-state index contributed by atoms with van der Waals surface area (Å²) in [7, 11) is 0. The molecule has 1 saturated heterocycles. The van der Waals surface area contributed by atoms with Crippen molar-refractivity contribution in [2.24, 2.45) is 0 Å². The Labute approximate surface area is 99.4 Å². The van der Waals surface area contributed by atoms with Gasteiger partial charge >= 0.3 is 0 Å². The molecule has 1 aliphatic heterocycles. The van der Waals surface area contributed by atoms with Crippen LogP contribution in [0.4, 0.5) is 11.8 Å². The molecule has 0 amide bonds. The molecule has 1 aromatic heterocycles. The maximum absolute atomic E-state index is 5.92. The van der Waals surface area contributed by atoms with Crippen LogP contribution in [0.5, 0.6) is 0 Å². The van der Waals surface area contributed by atoms with E-state index in [-0.39, 0.29) is 0 Å². The van der Waals surface area contributed by atoms with E-state index in [1.54, 1.807) is 0 Å². The molecule has 1 unspecified atom stereocenters. The van der Waals surface area contributed by atoms with Gasteiger partial charge < -0.3 is 16.4 Å². The maximum Gasteiger partial charge on any atom is 0.225 e. The average Bonchev–Trinajstić information content (AvgIpc) is 2.82. The van der Waals surface area contributed by atoms with Gasteiger partial charge in [-0.05, 0) is 25.1 Å². The molecule has 2 heterocycles. The Hall–Kier alpha value is -1.88. The Balaban J connectivity index is 1.94. The highest BCUT2D eigenvalue weighted by Gasteiger charge is 2.15. The van der Waals surface area contributed by atoms with E-state index < -0.39 is 0 Å². The standard InChI is InChI=1S/C12H15N5/c13-11-9-3-1-2-4-10(9)16-12(17-11)15-8-5-6-14-7-8/h1-4,8,14H,5-7H2,(H3,13,15,16,17). The topological polar surface area (TPSA) is 75.9 Å². The first-order chi connectivity index (χ1) is 8.33. The van der Waals surface area contributed by atoms with E-state index in [4.69, 9.17) is 5.73 Å². The molecule has 88 valence electrons. The van der Waals surface area contributed by atoms with E-state index in [1.165, 1.54) is 0 Å². The van der Waals surface area contributed by atoms with Crippen molar-refractivity contribution < 1.29 is 0 Å². The number of para-hydroxylation sites is 1. The van der Waals surface area contributed by atoms with Crippen molar-refractivity contribution in [1.29, 1.82) is 0 Å². The predicted molar refractivity (Wildman–Crippen MR) is 68.8 cm³/mol. The van der Waals surface area contributed by atoms with Crippen molar-refractivity contribution >= 4 is 22.7 Å². The van der Waals surface area contributed by atoms with Gasteiger partial charge in [0.2, 0.25) is 5.95 Å². The number of fused-ring (bicyclic) bond motifs is 1. The van der Waals surface area contributed by atoms with Crippen LogP contribution in [0, 0.1) is 0 Å². The van der Waals surface area contributed by atoms with Gasteiger partial charge in [0.15, 0.2) is 0 Å². The number of benzene rings is 1. The van der Waals surface area contributed by atoms with E-state index in [0.717, 1.165) is 30.4 Å². The van der Waals surface area contributed by atoms with Gasteiger partial charge in [-0.2, -0.15) is 4.98 Å². The molecule has 0 spiro atoms. The lowest BCUT2D eigenvalue weighted by Crippen LogP contribution is -2.23. The molecule has 1 aromatic carbocycles. The van der Waals surface area contributed by atoms with Gasteiger partial charge in [-0.1, -0.05) is 12.1 Å². The zero-order valence-corrected chi connectivity index (χ0v) is 9.48. The third-order valence-corrected chi connectivity index (χ3v) is 3.03. The molecule has 5 heteroatoms. The lowest BCUT2D eigenvalue weighted by Gasteiger charge is -2.12. The molecule has 1 aliphatic rings. The van der Waals surface area contributed by atoms with Crippen LogP contribution in [0.3, 0.4) is 0 Å². The molecule has 3 rings (SSSR count). The lowest BCUT2D eigenvalue weighted by molar-refractivity contribution is 0.782. The van der Waals surface area contributed by atoms with Crippen molar-refractivity contribution in [3.8, 4) is 0 Å². The zero-order chi connectivity index (χ0) is 11.7. The summed E-state index contributed by atoms with van der Waals surface area (Å²) in [6, 6.07) is 8.18. The van der Waals surface area contributed by atoms with Crippen LogP contribution in [0.25, 0.3) is 10.9 Å². The summed E-state index contributed by atoms with van der Waals surface area (Å²) < 4.78 is 0. The molecule has 0 aliphatic carbocycles. The molecule has 17 heavy (non-hydrogen) atoms. The molecular weight excluding hydrogens is 214 g/mol. The summed E-state index contributed by atoms with van der Waals surface area (Å²) in [6.07, 6.45) is 1.09. The van der Waals surface area contributed by atoms with Gasteiger partial charge in [0.1, 0.15) is 5.82 Å². The monoisotopic (exact) mass is 229 g/mol. The van der Waals surface area contributed by atoms with Crippen molar-refractivity contribution in [2.45, 2.75) is 12.5 Å². The van der Waals surface area contributed by atoms with Gasteiger partial charge in [-0.25, -0.2) is 4.98 Å². The lowest BCUT2D eigenvalue weighted by atomic mass is 10.2. The van der Waals surface area contributed by atoms with Gasteiger partial charge in [-0.3, -0.25) is 0 Å². The third-order valence-electron chi connectivity index (χ3n) is 3.03. The van der Waals surface area contributed by atoms with E-state index >= 15 is 0 Å². The van der Waals surface area contributed by atoms with E-state index in [1.807, 2.05) is 24.3 Å². The minimum absolute atomic E-state index is 0.399. The minimum atomic E-state index is 0.399. The van der Waals surface area contributed by atoms with Gasteiger partial charge in [-0.15, -0.1) is 0 Å². The molecule has 0 bridgehead atoms. The molecule has 1 fully saturated rings. The zero-order valence-electron chi connectivity index (χ0n) is 9.48. The fraction of sp³-hybridized carbons (Fsp3) is 0.333. The van der Waals surface area contributed by atoms with Crippen LogP contribution in [0.2, 0.25) is 0 Å². The van der Waals surface area contributed by atoms with Crippen LogP contribution < -0.4 is 16.4 Å². The van der Waals surface area contributed by atoms with Crippen LogP contribution in [-0.2, 0) is 0 Å². The molecule has 1 atom stereocenters. The predicted octanol–water partition coefficient (Wildman–Crippen LogP) is 0.986. The summed E-state index contributed by atoms with van der Waals surface area (Å²) in [6.45, 7) is 2.00. The van der Waals surface area contributed by atoms with Crippen molar-refractivity contribution in [3.63, 3.8) is 0 Å². The van der Waals surface area contributed by atoms with Crippen molar-refractivity contribution in [1.82, 2.24) is 15.3 Å². The smallest absolute Gasteiger partial charge is 0.225 e. The minimum Gasteiger partial charge on any atom is -0.383 e. The van der Waals surface area contributed by atoms with Gasteiger partial charge in [0.25, 0.3) is 0 Å². The van der Waals surface area contributed by atoms with Gasteiger partial charge in [0, 0.05) is 18.0 Å². The number of hydrogen-bond acceptors (Lipinski definition) is 5. The molecule has 5 nitrogen and oxygen atoms in total. The summed E-state index contributed by atoms with van der Waals surface area (Å²) in [4.78, 5) is 8.76. The maximum atomic E-state index is 5.92. The van der Waals surface area contributed by atoms with Crippen LogP contribution >= 0.6 is 0 Å². The first-order valence-corrected chi connectivity index (χ1v) is 5.82. The van der Waals surface area contributed by atoms with Crippen molar-refractivity contribution in [2.75, 3.05) is 24.1 Å². The Kier molecular flexibility index (Phi) is 2.53. The number of nitrogens with two attached hydrogens (primary N) is 1. The largest absolute Gasteiger partial charge is 0.383 e. The second-order valence-electron chi connectivity index (χ2n) is 4.28. The summed E-state index contributed by atoms with van der Waals surface area (Å²) >= 11 is 0. The number of nitrogens with one attached hydrogen (secondary N) is 2.